The van der Waals surface area contributed by atoms with Crippen molar-refractivity contribution in [2.75, 3.05) is 0 Å². The lowest BCUT2D eigenvalue weighted by atomic mass is 10.2. The van der Waals surface area contributed by atoms with E-state index in [9.17, 15) is 0 Å². The first-order valence-electron chi connectivity index (χ1n) is 4.40. The van der Waals surface area contributed by atoms with Crippen LogP contribution in [0.4, 0.5) is 0 Å². The molecule has 2 aromatic heterocycles. The fourth-order valence-electron chi connectivity index (χ4n) is 1.10. The molecule has 0 aromatic carbocycles. The molecular formula is C9H11N3S2. The summed E-state index contributed by atoms with van der Waals surface area (Å²) in [5.41, 5.74) is 9.63. The van der Waals surface area contributed by atoms with Crippen molar-refractivity contribution in [3.8, 4) is 10.7 Å². The summed E-state index contributed by atoms with van der Waals surface area (Å²) in [6, 6.07) is 0.0543. The fraction of sp³-hybridized carbons (Fsp3) is 0.333. The van der Waals surface area contributed by atoms with Gasteiger partial charge in [-0.05, 0) is 6.42 Å². The Bertz CT molecular complexity index is 394. The third-order valence-corrected chi connectivity index (χ3v) is 3.46. The predicted molar refractivity (Wildman–Crippen MR) is 60.4 cm³/mol. The molecule has 0 spiro atoms. The first-order chi connectivity index (χ1) is 6.81. The Morgan fingerprint density at radius 3 is 3.00 bits per heavy atom. The molecule has 2 rings (SSSR count). The molecule has 0 bridgehead atoms. The zero-order valence-corrected chi connectivity index (χ0v) is 9.44. The molecule has 2 aromatic rings. The van der Waals surface area contributed by atoms with Gasteiger partial charge in [0, 0.05) is 16.8 Å². The van der Waals surface area contributed by atoms with E-state index in [1.807, 2.05) is 16.3 Å². The minimum Gasteiger partial charge on any atom is -0.323 e. The highest BCUT2D eigenvalue weighted by Crippen LogP contribution is 2.25. The molecule has 0 aliphatic rings. The van der Waals surface area contributed by atoms with Gasteiger partial charge >= 0.3 is 0 Å². The van der Waals surface area contributed by atoms with Crippen LogP contribution < -0.4 is 5.73 Å². The number of thiazole rings is 2. The highest BCUT2D eigenvalue weighted by atomic mass is 32.1. The summed E-state index contributed by atoms with van der Waals surface area (Å²) in [5.74, 6) is 0. The first kappa shape index (κ1) is 9.76. The summed E-state index contributed by atoms with van der Waals surface area (Å²) in [4.78, 5) is 8.67. The minimum atomic E-state index is 0.0543. The van der Waals surface area contributed by atoms with Gasteiger partial charge < -0.3 is 5.73 Å². The highest BCUT2D eigenvalue weighted by molar-refractivity contribution is 7.13. The molecular weight excluding hydrogens is 214 g/mol. The number of rotatable bonds is 3. The van der Waals surface area contributed by atoms with Crippen molar-refractivity contribution in [1.82, 2.24) is 9.97 Å². The lowest BCUT2D eigenvalue weighted by molar-refractivity contribution is 0.681. The molecule has 14 heavy (non-hydrogen) atoms. The SMILES string of the molecule is CCC(N)c1csc(-c2cscn2)n1. The van der Waals surface area contributed by atoms with Gasteiger partial charge in [-0.15, -0.1) is 22.7 Å². The van der Waals surface area contributed by atoms with Crippen LogP contribution in [0, 0.1) is 0 Å². The van der Waals surface area contributed by atoms with Gasteiger partial charge in [0.2, 0.25) is 0 Å². The van der Waals surface area contributed by atoms with Crippen molar-refractivity contribution in [1.29, 1.82) is 0 Å². The highest BCUT2D eigenvalue weighted by Gasteiger charge is 2.10. The van der Waals surface area contributed by atoms with Crippen LogP contribution in [0.3, 0.4) is 0 Å². The molecule has 5 heteroatoms. The maximum absolute atomic E-state index is 5.89. The molecule has 0 saturated carbocycles. The summed E-state index contributed by atoms with van der Waals surface area (Å²) in [6.07, 6.45) is 0.917. The van der Waals surface area contributed by atoms with E-state index in [1.165, 1.54) is 0 Å². The van der Waals surface area contributed by atoms with E-state index in [4.69, 9.17) is 5.73 Å². The predicted octanol–water partition coefficient (Wildman–Crippen LogP) is 2.68. The Kier molecular flexibility index (Phi) is 2.90. The van der Waals surface area contributed by atoms with E-state index in [1.54, 1.807) is 22.7 Å². The third kappa shape index (κ3) is 1.84. The number of hydrogen-bond donors (Lipinski definition) is 1. The van der Waals surface area contributed by atoms with Gasteiger partial charge in [-0.25, -0.2) is 9.97 Å². The largest absolute Gasteiger partial charge is 0.323 e. The van der Waals surface area contributed by atoms with Gasteiger partial charge in [0.05, 0.1) is 11.2 Å². The quantitative estimate of drug-likeness (QED) is 0.873. The minimum absolute atomic E-state index is 0.0543. The Labute approximate surface area is 90.6 Å². The van der Waals surface area contributed by atoms with E-state index >= 15 is 0 Å². The average molecular weight is 225 g/mol. The number of hydrogen-bond acceptors (Lipinski definition) is 5. The maximum Gasteiger partial charge on any atom is 0.143 e. The standard InChI is InChI=1S/C9H11N3S2/c1-2-6(10)7-4-14-9(12-7)8-3-13-5-11-8/h3-6H,2,10H2,1H3. The Balaban J connectivity index is 2.26. The topological polar surface area (TPSA) is 51.8 Å². The van der Waals surface area contributed by atoms with Crippen LogP contribution in [-0.4, -0.2) is 9.97 Å². The number of aromatic nitrogens is 2. The van der Waals surface area contributed by atoms with Crippen LogP contribution in [0.25, 0.3) is 10.7 Å². The maximum atomic E-state index is 5.89. The van der Waals surface area contributed by atoms with Gasteiger partial charge in [0.1, 0.15) is 10.7 Å². The van der Waals surface area contributed by atoms with Crippen molar-refractivity contribution < 1.29 is 0 Å². The van der Waals surface area contributed by atoms with E-state index in [0.29, 0.717) is 0 Å². The molecule has 2 N–H and O–H groups in total. The van der Waals surface area contributed by atoms with Crippen LogP contribution in [0.1, 0.15) is 25.1 Å². The van der Waals surface area contributed by atoms with Crippen molar-refractivity contribution in [3.63, 3.8) is 0 Å². The van der Waals surface area contributed by atoms with Crippen molar-refractivity contribution in [2.45, 2.75) is 19.4 Å². The van der Waals surface area contributed by atoms with Crippen LogP contribution in [0.2, 0.25) is 0 Å². The molecule has 0 amide bonds. The van der Waals surface area contributed by atoms with Gasteiger partial charge in [-0.3, -0.25) is 0 Å². The Morgan fingerprint density at radius 1 is 1.50 bits per heavy atom. The molecule has 1 unspecified atom stereocenters. The Morgan fingerprint density at radius 2 is 2.36 bits per heavy atom. The van der Waals surface area contributed by atoms with Gasteiger partial charge in [-0.2, -0.15) is 0 Å². The second-order valence-electron chi connectivity index (χ2n) is 2.97. The molecule has 0 aliphatic carbocycles. The zero-order valence-electron chi connectivity index (χ0n) is 7.80. The molecule has 0 saturated heterocycles. The van der Waals surface area contributed by atoms with Crippen molar-refractivity contribution in [3.05, 3.63) is 22.0 Å². The lowest BCUT2D eigenvalue weighted by Crippen LogP contribution is -2.08. The van der Waals surface area contributed by atoms with Crippen LogP contribution in [-0.2, 0) is 0 Å². The van der Waals surface area contributed by atoms with Gasteiger partial charge in [0.15, 0.2) is 0 Å². The molecule has 0 radical (unpaired) electrons. The molecule has 1 atom stereocenters. The van der Waals surface area contributed by atoms with Crippen LogP contribution in [0.15, 0.2) is 16.3 Å². The van der Waals surface area contributed by atoms with Crippen LogP contribution >= 0.6 is 22.7 Å². The average Bonchev–Trinajstić information content (AvgIpc) is 2.86. The van der Waals surface area contributed by atoms with E-state index in [-0.39, 0.29) is 6.04 Å². The molecule has 74 valence electrons. The lowest BCUT2D eigenvalue weighted by Gasteiger charge is -2.02. The second kappa shape index (κ2) is 4.16. The molecule has 0 aliphatic heterocycles. The fourth-order valence-corrected chi connectivity index (χ4v) is 2.56. The normalized spacial score (nSPS) is 13.0. The van der Waals surface area contributed by atoms with E-state index < -0.39 is 0 Å². The summed E-state index contributed by atoms with van der Waals surface area (Å²) < 4.78 is 0. The van der Waals surface area contributed by atoms with E-state index in [0.717, 1.165) is 22.8 Å². The molecule has 2 heterocycles. The van der Waals surface area contributed by atoms with E-state index in [2.05, 4.69) is 16.9 Å². The number of nitrogens with zero attached hydrogens (tertiary/aromatic N) is 2. The van der Waals surface area contributed by atoms with Crippen LogP contribution in [0.5, 0.6) is 0 Å². The first-order valence-corrected chi connectivity index (χ1v) is 6.23. The third-order valence-electron chi connectivity index (χ3n) is 1.99. The summed E-state index contributed by atoms with van der Waals surface area (Å²) in [5, 5.41) is 4.98. The molecule has 0 fully saturated rings. The smallest absolute Gasteiger partial charge is 0.143 e. The van der Waals surface area contributed by atoms with Crippen molar-refractivity contribution >= 4 is 22.7 Å². The number of nitrogens with two attached hydrogens (primary N) is 1. The van der Waals surface area contributed by atoms with Gasteiger partial charge in [0.25, 0.3) is 0 Å². The monoisotopic (exact) mass is 225 g/mol. The Hall–Kier alpha value is -0.780. The summed E-state index contributed by atoms with van der Waals surface area (Å²) in [7, 11) is 0. The summed E-state index contributed by atoms with van der Waals surface area (Å²) in [6.45, 7) is 2.06. The zero-order chi connectivity index (χ0) is 9.97. The van der Waals surface area contributed by atoms with Gasteiger partial charge in [-0.1, -0.05) is 6.92 Å². The second-order valence-corrected chi connectivity index (χ2v) is 4.54. The molecule has 3 nitrogen and oxygen atoms in total. The van der Waals surface area contributed by atoms with Crippen molar-refractivity contribution in [2.24, 2.45) is 5.73 Å². The summed E-state index contributed by atoms with van der Waals surface area (Å²) >= 11 is 3.19.